The minimum Gasteiger partial charge on any atom is -0.506 e. The van der Waals surface area contributed by atoms with Gasteiger partial charge in [-0.15, -0.1) is 11.8 Å². The molecule has 0 amide bonds. The van der Waals surface area contributed by atoms with E-state index in [1.54, 1.807) is 13.0 Å². The lowest BCUT2D eigenvalue weighted by molar-refractivity contribution is 0.0523. The van der Waals surface area contributed by atoms with Crippen molar-refractivity contribution in [3.8, 4) is 5.75 Å². The molecule has 0 radical (unpaired) electrons. The van der Waals surface area contributed by atoms with Crippen molar-refractivity contribution in [2.24, 2.45) is 0 Å². The zero-order valence-electron chi connectivity index (χ0n) is 13.5. The van der Waals surface area contributed by atoms with E-state index in [0.29, 0.717) is 10.6 Å². The lowest BCUT2D eigenvalue weighted by Gasteiger charge is -2.09. The van der Waals surface area contributed by atoms with E-state index in [1.807, 2.05) is 30.3 Å². The number of carbonyl (C=O) groups excluding carboxylic acids is 1. The molecule has 0 atom stereocenters. The first-order valence-corrected chi connectivity index (χ1v) is 8.73. The van der Waals surface area contributed by atoms with Gasteiger partial charge in [-0.3, -0.25) is 4.98 Å². The van der Waals surface area contributed by atoms with Gasteiger partial charge < -0.3 is 9.84 Å². The van der Waals surface area contributed by atoms with Crippen molar-refractivity contribution >= 4 is 28.6 Å². The Morgan fingerprint density at radius 2 is 2.04 bits per heavy atom. The summed E-state index contributed by atoms with van der Waals surface area (Å²) in [4.78, 5) is 16.5. The van der Waals surface area contributed by atoms with Crippen LogP contribution in [0.25, 0.3) is 10.9 Å². The molecule has 1 aromatic heterocycles. The summed E-state index contributed by atoms with van der Waals surface area (Å²) >= 11 is 1.44. The Kier molecular flexibility index (Phi) is 5.19. The summed E-state index contributed by atoms with van der Waals surface area (Å²) in [5.74, 6) is -0.877. The van der Waals surface area contributed by atoms with E-state index in [0.717, 1.165) is 11.8 Å². The van der Waals surface area contributed by atoms with Crippen LogP contribution in [0.2, 0.25) is 0 Å². The minimum absolute atomic E-state index is 0.0228. The van der Waals surface area contributed by atoms with Gasteiger partial charge in [0.05, 0.1) is 6.61 Å². The van der Waals surface area contributed by atoms with Gasteiger partial charge in [0, 0.05) is 22.2 Å². The fraction of sp³-hybridized carbons (Fsp3) is 0.158. The third kappa shape index (κ3) is 3.74. The number of pyridine rings is 1. The van der Waals surface area contributed by atoms with Crippen LogP contribution in [0.3, 0.4) is 0 Å². The molecule has 6 heteroatoms. The van der Waals surface area contributed by atoms with E-state index >= 15 is 0 Å². The highest BCUT2D eigenvalue weighted by Gasteiger charge is 2.18. The molecule has 0 bridgehead atoms. The Labute approximate surface area is 148 Å². The van der Waals surface area contributed by atoms with Gasteiger partial charge in [-0.05, 0) is 24.6 Å². The fourth-order valence-corrected chi connectivity index (χ4v) is 3.32. The van der Waals surface area contributed by atoms with Crippen molar-refractivity contribution in [3.63, 3.8) is 0 Å². The number of thioether (sulfide) groups is 1. The molecule has 0 saturated carbocycles. The van der Waals surface area contributed by atoms with E-state index in [2.05, 4.69) is 4.98 Å². The molecule has 128 valence electrons. The van der Waals surface area contributed by atoms with Crippen molar-refractivity contribution < 1.29 is 19.0 Å². The van der Waals surface area contributed by atoms with Gasteiger partial charge in [0.1, 0.15) is 16.8 Å². The number of fused-ring (bicyclic) bond motifs is 1. The number of esters is 1. The number of carbonyl (C=O) groups is 1. The van der Waals surface area contributed by atoms with Crippen LogP contribution in [0.5, 0.6) is 5.75 Å². The summed E-state index contributed by atoms with van der Waals surface area (Å²) in [5.41, 5.74) is 1.06. The first kappa shape index (κ1) is 17.2. The monoisotopic (exact) mass is 357 g/mol. The van der Waals surface area contributed by atoms with Gasteiger partial charge in [0.2, 0.25) is 0 Å². The zero-order valence-corrected chi connectivity index (χ0v) is 14.3. The number of ether oxygens (including phenoxy) is 1. The lowest BCUT2D eigenvalue weighted by Crippen LogP contribution is -2.06. The first-order valence-electron chi connectivity index (χ1n) is 7.75. The second-order valence-corrected chi connectivity index (χ2v) is 6.37. The predicted octanol–water partition coefficient (Wildman–Crippen LogP) is 4.55. The molecule has 0 spiro atoms. The first-order chi connectivity index (χ1) is 12.1. The zero-order chi connectivity index (χ0) is 17.8. The summed E-state index contributed by atoms with van der Waals surface area (Å²) in [7, 11) is 0. The number of nitrogens with zero attached hydrogens (tertiary/aromatic N) is 1. The largest absolute Gasteiger partial charge is 0.506 e. The number of benzene rings is 2. The summed E-state index contributed by atoms with van der Waals surface area (Å²) in [6.07, 6.45) is 1.13. The van der Waals surface area contributed by atoms with Crippen LogP contribution in [0.4, 0.5) is 4.39 Å². The fourth-order valence-electron chi connectivity index (χ4n) is 2.40. The van der Waals surface area contributed by atoms with Crippen LogP contribution >= 0.6 is 11.8 Å². The minimum atomic E-state index is -0.683. The molecule has 0 aliphatic rings. The molecule has 4 nitrogen and oxygen atoms in total. The molecule has 0 unspecified atom stereocenters. The maximum atomic E-state index is 14.3. The number of halogens is 1. The van der Waals surface area contributed by atoms with E-state index < -0.39 is 11.8 Å². The summed E-state index contributed by atoms with van der Waals surface area (Å²) in [6, 6.07) is 12.8. The molecule has 2 aromatic carbocycles. The Hall–Kier alpha value is -2.60. The Bertz CT molecular complexity index is 915. The summed E-state index contributed by atoms with van der Waals surface area (Å²) < 4.78 is 19.2. The normalized spacial score (nSPS) is 10.8. The van der Waals surface area contributed by atoms with Crippen LogP contribution < -0.4 is 0 Å². The maximum absolute atomic E-state index is 14.3. The lowest BCUT2D eigenvalue weighted by atomic mass is 10.1. The molecule has 0 saturated heterocycles. The molecule has 1 N–H and O–H groups in total. The second kappa shape index (κ2) is 7.53. The van der Waals surface area contributed by atoms with E-state index in [9.17, 15) is 14.3 Å². The Morgan fingerprint density at radius 3 is 2.76 bits per heavy atom. The third-order valence-electron chi connectivity index (χ3n) is 3.61. The highest BCUT2D eigenvalue weighted by molar-refractivity contribution is 7.98. The van der Waals surface area contributed by atoms with Crippen molar-refractivity contribution in [1.29, 1.82) is 0 Å². The molecule has 0 fully saturated rings. The summed E-state index contributed by atoms with van der Waals surface area (Å²) in [6.45, 7) is 1.85. The molecule has 1 heterocycles. The number of hydrogen-bond donors (Lipinski definition) is 1. The van der Waals surface area contributed by atoms with Crippen LogP contribution in [0.15, 0.2) is 53.6 Å². The van der Waals surface area contributed by atoms with Gasteiger partial charge in [0.25, 0.3) is 0 Å². The van der Waals surface area contributed by atoms with Gasteiger partial charge in [0.15, 0.2) is 5.82 Å². The van der Waals surface area contributed by atoms with Gasteiger partial charge in [-0.1, -0.05) is 30.3 Å². The standard InChI is InChI=1S/C19H16FNO3S/c1-2-24-19(23)15-10-21-17-14(18(15)22)8-13(9-16(17)20)25-11-12-6-4-3-5-7-12/h3-10H,2,11H2,1H3,(H,21,22). The molecule has 0 aliphatic carbocycles. The van der Waals surface area contributed by atoms with E-state index in [4.69, 9.17) is 4.74 Å². The van der Waals surface area contributed by atoms with Crippen LogP contribution in [-0.4, -0.2) is 22.7 Å². The van der Waals surface area contributed by atoms with Gasteiger partial charge in [-0.2, -0.15) is 0 Å². The molecule has 25 heavy (non-hydrogen) atoms. The SMILES string of the molecule is CCOC(=O)c1cnc2c(F)cc(SCc3ccccc3)cc2c1O. The third-order valence-corrected chi connectivity index (χ3v) is 4.66. The number of aromatic hydroxyl groups is 1. The smallest absolute Gasteiger partial charge is 0.343 e. The van der Waals surface area contributed by atoms with Crippen molar-refractivity contribution in [2.45, 2.75) is 17.6 Å². The van der Waals surface area contributed by atoms with E-state index in [-0.39, 0.29) is 28.8 Å². The Balaban J connectivity index is 1.95. The summed E-state index contributed by atoms with van der Waals surface area (Å²) in [5, 5.41) is 10.6. The predicted molar refractivity (Wildman–Crippen MR) is 95.3 cm³/mol. The van der Waals surface area contributed by atoms with Crippen molar-refractivity contribution in [2.75, 3.05) is 6.61 Å². The topological polar surface area (TPSA) is 59.4 Å². The highest BCUT2D eigenvalue weighted by atomic mass is 32.2. The maximum Gasteiger partial charge on any atom is 0.343 e. The van der Waals surface area contributed by atoms with Crippen LogP contribution in [0.1, 0.15) is 22.8 Å². The van der Waals surface area contributed by atoms with Crippen LogP contribution in [-0.2, 0) is 10.5 Å². The number of hydrogen-bond acceptors (Lipinski definition) is 5. The average Bonchev–Trinajstić information content (AvgIpc) is 2.62. The van der Waals surface area contributed by atoms with Crippen LogP contribution in [0, 0.1) is 5.82 Å². The molecular weight excluding hydrogens is 341 g/mol. The van der Waals surface area contributed by atoms with Gasteiger partial charge >= 0.3 is 5.97 Å². The number of aromatic nitrogens is 1. The quantitative estimate of drug-likeness (QED) is 0.536. The second-order valence-electron chi connectivity index (χ2n) is 5.32. The molecule has 0 aliphatic heterocycles. The van der Waals surface area contributed by atoms with Crippen molar-refractivity contribution in [1.82, 2.24) is 4.98 Å². The molecular formula is C19H16FNO3S. The van der Waals surface area contributed by atoms with Crippen molar-refractivity contribution in [3.05, 3.63) is 65.6 Å². The Morgan fingerprint density at radius 1 is 1.28 bits per heavy atom. The van der Waals surface area contributed by atoms with Gasteiger partial charge in [-0.25, -0.2) is 9.18 Å². The molecule has 3 rings (SSSR count). The molecule has 3 aromatic rings. The highest BCUT2D eigenvalue weighted by Crippen LogP contribution is 2.34. The number of rotatable bonds is 5. The average molecular weight is 357 g/mol. The van der Waals surface area contributed by atoms with E-state index in [1.165, 1.54) is 17.8 Å².